The fraction of sp³-hybridized carbons (Fsp3) is 0.488. The fourth-order valence-electron chi connectivity index (χ4n) is 4.71. The number of hydrogen-bond acceptors (Lipinski definition) is 7. The standard InChI is InChI=1S/C15H23NO.C14H21NO.C12H17NO2/c1-12(11-16-17-5)10-13-6-8-14(9-7-13)15(2,3)4;1-11(2)14-7-5-13(6-8-14)9-12(3)10-15-16-4;1-10(9-13-15-3)8-11-4-6-12(14-2)7-5-11/h6-9,11-12H,10H2,1-5H3;5-8,10-12H,9H2,1-4H3;4-7,9-10H,8H2,1-3H3/b16-11+;15-10+;13-9+. The summed E-state index contributed by atoms with van der Waals surface area (Å²) in [7, 11) is 6.36. The van der Waals surface area contributed by atoms with Gasteiger partial charge >= 0.3 is 0 Å². The smallest absolute Gasteiger partial charge is 0.118 e. The van der Waals surface area contributed by atoms with Gasteiger partial charge in [0.15, 0.2) is 0 Å². The van der Waals surface area contributed by atoms with E-state index in [1.165, 1.54) is 27.8 Å². The summed E-state index contributed by atoms with van der Waals surface area (Å²) >= 11 is 0. The molecule has 0 bridgehead atoms. The number of oxime groups is 3. The molecule has 48 heavy (non-hydrogen) atoms. The van der Waals surface area contributed by atoms with Crippen molar-refractivity contribution in [3.8, 4) is 5.75 Å². The lowest BCUT2D eigenvalue weighted by atomic mass is 9.86. The minimum Gasteiger partial charge on any atom is -0.497 e. The van der Waals surface area contributed by atoms with Crippen molar-refractivity contribution in [1.82, 2.24) is 0 Å². The quantitative estimate of drug-likeness (QED) is 0.128. The van der Waals surface area contributed by atoms with Crippen molar-refractivity contribution in [1.29, 1.82) is 0 Å². The van der Waals surface area contributed by atoms with E-state index in [0.29, 0.717) is 23.7 Å². The first kappa shape index (κ1) is 41.9. The number of benzene rings is 3. The predicted molar refractivity (Wildman–Crippen MR) is 204 cm³/mol. The first-order valence-electron chi connectivity index (χ1n) is 16.8. The highest BCUT2D eigenvalue weighted by molar-refractivity contribution is 5.60. The first-order chi connectivity index (χ1) is 22.8. The molecule has 0 fully saturated rings. The van der Waals surface area contributed by atoms with Crippen LogP contribution in [0.1, 0.15) is 89.1 Å². The Balaban J connectivity index is 0.000000361. The van der Waals surface area contributed by atoms with Crippen LogP contribution < -0.4 is 4.74 Å². The van der Waals surface area contributed by atoms with E-state index in [9.17, 15) is 0 Å². The molecule has 0 aliphatic carbocycles. The summed E-state index contributed by atoms with van der Waals surface area (Å²) in [6, 6.07) is 25.7. The average Bonchev–Trinajstić information content (AvgIpc) is 3.06. The zero-order valence-corrected chi connectivity index (χ0v) is 31.6. The Morgan fingerprint density at radius 2 is 0.854 bits per heavy atom. The summed E-state index contributed by atoms with van der Waals surface area (Å²) in [6.45, 7) is 17.5. The van der Waals surface area contributed by atoms with E-state index in [2.05, 4.69) is 146 Å². The van der Waals surface area contributed by atoms with E-state index in [-0.39, 0.29) is 5.41 Å². The molecule has 0 heterocycles. The molecule has 264 valence electrons. The van der Waals surface area contributed by atoms with Gasteiger partial charge in [-0.25, -0.2) is 0 Å². The maximum atomic E-state index is 5.09. The van der Waals surface area contributed by atoms with Crippen molar-refractivity contribution in [2.75, 3.05) is 28.4 Å². The molecule has 0 N–H and O–H groups in total. The van der Waals surface area contributed by atoms with Gasteiger partial charge in [-0.2, -0.15) is 0 Å². The third-order valence-electron chi connectivity index (χ3n) is 7.56. The van der Waals surface area contributed by atoms with Gasteiger partial charge < -0.3 is 19.2 Å². The van der Waals surface area contributed by atoms with Crippen molar-refractivity contribution in [3.05, 3.63) is 101 Å². The third-order valence-corrected chi connectivity index (χ3v) is 7.56. The van der Waals surface area contributed by atoms with Crippen molar-refractivity contribution < 1.29 is 19.2 Å². The third kappa shape index (κ3) is 18.3. The van der Waals surface area contributed by atoms with Gasteiger partial charge in [0.25, 0.3) is 0 Å². The van der Waals surface area contributed by atoms with E-state index in [4.69, 9.17) is 4.74 Å². The van der Waals surface area contributed by atoms with Gasteiger partial charge in [-0.1, -0.05) is 132 Å². The van der Waals surface area contributed by atoms with Crippen LogP contribution in [0.15, 0.2) is 88.3 Å². The Morgan fingerprint density at radius 1 is 0.521 bits per heavy atom. The summed E-state index contributed by atoms with van der Waals surface area (Å²) < 4.78 is 5.09. The minimum atomic E-state index is 0.224. The first-order valence-corrected chi connectivity index (χ1v) is 16.8. The SMILES string of the molecule is CO/N=C/C(C)Cc1ccc(C(C)(C)C)cc1.CO/N=C/C(C)Cc1ccc(C(C)C)cc1.CO/N=C/C(C)Cc1ccc(OC)cc1. The van der Waals surface area contributed by atoms with E-state index in [1.807, 2.05) is 30.8 Å². The number of rotatable bonds is 14. The number of ether oxygens (including phenoxy) is 1. The molecule has 0 spiro atoms. The summed E-state index contributed by atoms with van der Waals surface area (Å²) in [5.74, 6) is 2.66. The van der Waals surface area contributed by atoms with Crippen molar-refractivity contribution in [2.45, 2.75) is 86.0 Å². The maximum absolute atomic E-state index is 5.09. The van der Waals surface area contributed by atoms with Crippen molar-refractivity contribution in [2.24, 2.45) is 33.2 Å². The zero-order valence-electron chi connectivity index (χ0n) is 31.6. The molecule has 7 nitrogen and oxygen atoms in total. The van der Waals surface area contributed by atoms with Crippen molar-refractivity contribution in [3.63, 3.8) is 0 Å². The molecule has 3 rings (SSSR count). The van der Waals surface area contributed by atoms with Crippen LogP contribution >= 0.6 is 0 Å². The van der Waals surface area contributed by atoms with Gasteiger partial charge in [-0.15, -0.1) is 0 Å². The molecule has 0 aliphatic rings. The molecule has 0 aliphatic heterocycles. The molecule has 0 saturated carbocycles. The zero-order chi connectivity index (χ0) is 36.0. The van der Waals surface area contributed by atoms with Crippen LogP contribution in [-0.2, 0) is 39.2 Å². The molecular formula is C41H61N3O4. The van der Waals surface area contributed by atoms with Gasteiger partial charge in [-0.3, -0.25) is 0 Å². The Kier molecular flexibility index (Phi) is 20.3. The summed E-state index contributed by atoms with van der Waals surface area (Å²) in [6.07, 6.45) is 8.46. The van der Waals surface area contributed by atoms with Gasteiger partial charge in [0, 0.05) is 18.6 Å². The van der Waals surface area contributed by atoms with E-state index < -0.39 is 0 Å². The Bertz CT molecular complexity index is 1330. The second kappa shape index (κ2) is 23.2. The molecule has 7 heteroatoms. The normalized spacial score (nSPS) is 13.4. The molecule has 0 aromatic heterocycles. The highest BCUT2D eigenvalue weighted by Gasteiger charge is 2.13. The van der Waals surface area contributed by atoms with Crippen LogP contribution in [0.4, 0.5) is 0 Å². The lowest BCUT2D eigenvalue weighted by Crippen LogP contribution is -2.11. The molecule has 0 amide bonds. The van der Waals surface area contributed by atoms with Crippen LogP contribution in [0.5, 0.6) is 5.75 Å². The van der Waals surface area contributed by atoms with Gasteiger partial charge in [0.1, 0.15) is 27.1 Å². The van der Waals surface area contributed by atoms with Gasteiger partial charge in [0.2, 0.25) is 0 Å². The molecule has 0 saturated heterocycles. The molecule has 0 radical (unpaired) electrons. The number of nitrogens with zero attached hydrogens (tertiary/aromatic N) is 3. The Morgan fingerprint density at radius 3 is 1.15 bits per heavy atom. The van der Waals surface area contributed by atoms with Crippen LogP contribution in [0.2, 0.25) is 0 Å². The topological polar surface area (TPSA) is 74.0 Å². The highest BCUT2D eigenvalue weighted by atomic mass is 16.6. The fourth-order valence-corrected chi connectivity index (χ4v) is 4.71. The van der Waals surface area contributed by atoms with E-state index >= 15 is 0 Å². The van der Waals surface area contributed by atoms with Crippen molar-refractivity contribution >= 4 is 18.6 Å². The largest absolute Gasteiger partial charge is 0.497 e. The molecular weight excluding hydrogens is 598 g/mol. The van der Waals surface area contributed by atoms with Gasteiger partial charge in [-0.05, 0) is 88.3 Å². The van der Waals surface area contributed by atoms with Crippen LogP contribution in [0.25, 0.3) is 0 Å². The number of methoxy groups -OCH3 is 1. The van der Waals surface area contributed by atoms with E-state index in [0.717, 1.165) is 25.0 Å². The average molecular weight is 660 g/mol. The second-order valence-electron chi connectivity index (χ2n) is 13.5. The molecule has 3 unspecified atom stereocenters. The summed E-state index contributed by atoms with van der Waals surface area (Å²) in [4.78, 5) is 14.0. The highest BCUT2D eigenvalue weighted by Crippen LogP contribution is 2.23. The molecule has 3 atom stereocenters. The lowest BCUT2D eigenvalue weighted by molar-refractivity contribution is 0.213. The monoisotopic (exact) mass is 659 g/mol. The molecule has 3 aromatic carbocycles. The van der Waals surface area contributed by atoms with E-state index in [1.54, 1.807) is 28.4 Å². The summed E-state index contributed by atoms with van der Waals surface area (Å²) in [5.41, 5.74) is 6.95. The maximum Gasteiger partial charge on any atom is 0.118 e. The van der Waals surface area contributed by atoms with Crippen LogP contribution in [-0.4, -0.2) is 47.1 Å². The number of hydrogen-bond donors (Lipinski definition) is 0. The van der Waals surface area contributed by atoms with Crippen LogP contribution in [0, 0.1) is 17.8 Å². The molecule has 3 aromatic rings. The predicted octanol–water partition coefficient (Wildman–Crippen LogP) is 9.92. The lowest BCUT2D eigenvalue weighted by Gasteiger charge is -2.19. The Labute approximate surface area is 291 Å². The van der Waals surface area contributed by atoms with Crippen LogP contribution in [0.3, 0.4) is 0 Å². The summed E-state index contributed by atoms with van der Waals surface area (Å²) in [5, 5.41) is 11.3. The minimum absolute atomic E-state index is 0.224. The second-order valence-corrected chi connectivity index (χ2v) is 13.5. The Hall–Kier alpha value is -4.13. The van der Waals surface area contributed by atoms with Gasteiger partial charge in [0.05, 0.1) is 7.11 Å².